The van der Waals surface area contributed by atoms with Crippen LogP contribution in [0.5, 0.6) is 0 Å². The number of hydrogen-bond acceptors (Lipinski definition) is 5. The second-order valence-electron chi connectivity index (χ2n) is 15.7. The molecule has 5 heteroatoms. The molecule has 2 N–H and O–H groups in total. The summed E-state index contributed by atoms with van der Waals surface area (Å²) in [7, 11) is 0. The summed E-state index contributed by atoms with van der Waals surface area (Å²) in [5.74, 6) is 0.809. The van der Waals surface area contributed by atoms with Gasteiger partial charge in [0.1, 0.15) is 18.0 Å². The molecule has 2 aliphatic heterocycles. The monoisotopic (exact) mass is 486 g/mol. The van der Waals surface area contributed by atoms with Gasteiger partial charge in [0.2, 0.25) is 0 Å². The minimum Gasteiger partial charge on any atom is -0.388 e. The standard InChI is InChI=1S/C30H46O5/c1-16-14-17-22(25(4,5)33)35-30(34-17)21(16)26(6)12-13-29-15-28(29)11-10-20(31)24(2,3)18(28)8-9-19(29)27(26,7)23(30)32/h16-19,21-23,32-33H,8-15H2,1-7H3. The molecule has 0 aromatic carbocycles. The molecule has 196 valence electrons. The third-order valence-corrected chi connectivity index (χ3v) is 13.9. The fourth-order valence-corrected chi connectivity index (χ4v) is 12.5. The van der Waals surface area contributed by atoms with E-state index in [2.05, 4.69) is 34.6 Å². The Bertz CT molecular complexity index is 999. The third kappa shape index (κ3) is 2.25. The number of aliphatic hydroxyl groups excluding tert-OH is 1. The van der Waals surface area contributed by atoms with Gasteiger partial charge in [-0.15, -0.1) is 0 Å². The van der Waals surface area contributed by atoms with E-state index in [0.717, 1.165) is 38.5 Å². The number of aliphatic hydroxyl groups is 2. The molecule has 0 amide bonds. The first-order valence-electron chi connectivity index (χ1n) is 14.4. The Labute approximate surface area is 210 Å². The van der Waals surface area contributed by atoms with Crippen LogP contribution in [0.1, 0.15) is 99.8 Å². The molecule has 3 spiro atoms. The Balaban J connectivity index is 1.33. The lowest BCUT2D eigenvalue weighted by Gasteiger charge is -2.62. The minimum absolute atomic E-state index is 0.0855. The van der Waals surface area contributed by atoms with Crippen LogP contribution in [0.4, 0.5) is 0 Å². The summed E-state index contributed by atoms with van der Waals surface area (Å²) in [6.45, 7) is 15.2. The summed E-state index contributed by atoms with van der Waals surface area (Å²) in [6, 6.07) is 0. The molecule has 12 atom stereocenters. The smallest absolute Gasteiger partial charge is 0.199 e. The SMILES string of the molecule is CC1CC2OC3(OC2C(C)(C)O)C1C1(C)CCC24CC25CCC(=O)C(C)(C)C5CCC4C1(C)C3O. The average molecular weight is 487 g/mol. The second kappa shape index (κ2) is 6.21. The van der Waals surface area contributed by atoms with Crippen molar-refractivity contribution in [1.82, 2.24) is 0 Å². The van der Waals surface area contributed by atoms with Crippen LogP contribution >= 0.6 is 0 Å². The zero-order chi connectivity index (χ0) is 25.2. The zero-order valence-corrected chi connectivity index (χ0v) is 22.8. The van der Waals surface area contributed by atoms with E-state index in [0.29, 0.717) is 23.5 Å². The third-order valence-electron chi connectivity index (χ3n) is 13.9. The first kappa shape index (κ1) is 23.6. The van der Waals surface area contributed by atoms with Crippen LogP contribution in [-0.4, -0.2) is 45.7 Å². The summed E-state index contributed by atoms with van der Waals surface area (Å²) in [5, 5.41) is 23.4. The number of Topliss-reactive ketones (excluding diaryl/α,β-unsaturated/α-hetero) is 1. The topological polar surface area (TPSA) is 76.0 Å². The largest absolute Gasteiger partial charge is 0.388 e. The van der Waals surface area contributed by atoms with Crippen molar-refractivity contribution in [2.45, 2.75) is 130 Å². The normalized spacial score (nSPS) is 61.9. The fourth-order valence-electron chi connectivity index (χ4n) is 12.5. The van der Waals surface area contributed by atoms with Crippen LogP contribution in [0.25, 0.3) is 0 Å². The van der Waals surface area contributed by atoms with E-state index in [4.69, 9.17) is 9.47 Å². The zero-order valence-electron chi connectivity index (χ0n) is 22.8. The van der Waals surface area contributed by atoms with Crippen LogP contribution in [0.2, 0.25) is 0 Å². The highest BCUT2D eigenvalue weighted by Crippen LogP contribution is 2.90. The predicted octanol–water partition coefficient (Wildman–Crippen LogP) is 4.87. The van der Waals surface area contributed by atoms with Gasteiger partial charge in [-0.05, 0) is 92.8 Å². The summed E-state index contributed by atoms with van der Waals surface area (Å²) in [5.41, 5.74) is -1.13. The molecule has 5 aliphatic carbocycles. The molecule has 0 aromatic heterocycles. The van der Waals surface area contributed by atoms with Gasteiger partial charge in [-0.1, -0.05) is 34.6 Å². The molecule has 2 heterocycles. The van der Waals surface area contributed by atoms with Gasteiger partial charge in [-0.3, -0.25) is 4.79 Å². The molecule has 7 aliphatic rings. The predicted molar refractivity (Wildman–Crippen MR) is 131 cm³/mol. The van der Waals surface area contributed by atoms with E-state index in [-0.39, 0.29) is 39.1 Å². The van der Waals surface area contributed by atoms with Crippen molar-refractivity contribution in [2.24, 2.45) is 50.7 Å². The van der Waals surface area contributed by atoms with E-state index in [1.54, 1.807) is 0 Å². The van der Waals surface area contributed by atoms with Gasteiger partial charge in [0.05, 0.1) is 11.7 Å². The number of ether oxygens (including phenoxy) is 2. The fraction of sp³-hybridized carbons (Fsp3) is 0.967. The number of carbonyl (C=O) groups is 1. The van der Waals surface area contributed by atoms with E-state index in [1.807, 2.05) is 13.8 Å². The molecule has 5 nitrogen and oxygen atoms in total. The average Bonchev–Trinajstić information content (AvgIpc) is 3.28. The Morgan fingerprint density at radius 1 is 0.971 bits per heavy atom. The van der Waals surface area contributed by atoms with E-state index >= 15 is 0 Å². The molecule has 0 aromatic rings. The first-order chi connectivity index (χ1) is 16.1. The maximum absolute atomic E-state index is 12.9. The molecule has 7 rings (SSSR count). The lowest BCUT2D eigenvalue weighted by Crippen LogP contribution is -2.59. The van der Waals surface area contributed by atoms with Crippen molar-refractivity contribution in [1.29, 1.82) is 0 Å². The van der Waals surface area contributed by atoms with Crippen LogP contribution in [-0.2, 0) is 14.3 Å². The Kier molecular flexibility index (Phi) is 4.19. The van der Waals surface area contributed by atoms with Crippen LogP contribution in [0.3, 0.4) is 0 Å². The molecule has 0 radical (unpaired) electrons. The van der Waals surface area contributed by atoms with Gasteiger partial charge in [-0.25, -0.2) is 0 Å². The Morgan fingerprint density at radius 2 is 1.63 bits per heavy atom. The van der Waals surface area contributed by atoms with Crippen molar-refractivity contribution >= 4 is 5.78 Å². The quantitative estimate of drug-likeness (QED) is 0.553. The molecule has 2 bridgehead atoms. The molecule has 2 saturated heterocycles. The van der Waals surface area contributed by atoms with Crippen molar-refractivity contribution in [3.8, 4) is 0 Å². The molecular weight excluding hydrogens is 440 g/mol. The van der Waals surface area contributed by atoms with Crippen LogP contribution in [0, 0.1) is 50.7 Å². The van der Waals surface area contributed by atoms with Crippen molar-refractivity contribution < 1.29 is 24.5 Å². The van der Waals surface area contributed by atoms with Gasteiger partial charge in [-0.2, -0.15) is 0 Å². The summed E-state index contributed by atoms with van der Waals surface area (Å²) < 4.78 is 13.5. The van der Waals surface area contributed by atoms with Crippen LogP contribution < -0.4 is 0 Å². The van der Waals surface area contributed by atoms with Gasteiger partial charge in [0.25, 0.3) is 0 Å². The van der Waals surface area contributed by atoms with E-state index in [1.165, 1.54) is 12.8 Å². The highest BCUT2D eigenvalue weighted by atomic mass is 16.8. The van der Waals surface area contributed by atoms with Crippen molar-refractivity contribution in [3.63, 3.8) is 0 Å². The molecule has 7 fully saturated rings. The summed E-state index contributed by atoms with van der Waals surface area (Å²) in [4.78, 5) is 12.9. The summed E-state index contributed by atoms with van der Waals surface area (Å²) in [6.07, 6.45) is 7.03. The van der Waals surface area contributed by atoms with Gasteiger partial charge in [0.15, 0.2) is 5.79 Å². The highest BCUT2D eigenvalue weighted by Gasteiger charge is 2.88. The Morgan fingerprint density at radius 3 is 2.31 bits per heavy atom. The van der Waals surface area contributed by atoms with Gasteiger partial charge >= 0.3 is 0 Å². The molecule has 35 heavy (non-hydrogen) atoms. The molecular formula is C30H46O5. The number of ketones is 1. The van der Waals surface area contributed by atoms with Gasteiger partial charge in [0, 0.05) is 23.2 Å². The number of rotatable bonds is 1. The maximum atomic E-state index is 12.9. The highest BCUT2D eigenvalue weighted by molar-refractivity contribution is 5.86. The van der Waals surface area contributed by atoms with Crippen molar-refractivity contribution in [3.05, 3.63) is 0 Å². The molecule has 12 unspecified atom stereocenters. The number of hydrogen-bond donors (Lipinski definition) is 2. The maximum Gasteiger partial charge on any atom is 0.199 e. The lowest BCUT2D eigenvalue weighted by atomic mass is 9.41. The molecule has 5 saturated carbocycles. The summed E-state index contributed by atoms with van der Waals surface area (Å²) >= 11 is 0. The van der Waals surface area contributed by atoms with Crippen molar-refractivity contribution in [2.75, 3.05) is 0 Å². The number of carbonyl (C=O) groups excluding carboxylic acids is 1. The first-order valence-corrected chi connectivity index (χ1v) is 14.4. The van der Waals surface area contributed by atoms with E-state index in [9.17, 15) is 15.0 Å². The Hall–Kier alpha value is -0.490. The van der Waals surface area contributed by atoms with Crippen LogP contribution in [0.15, 0.2) is 0 Å². The minimum atomic E-state index is -1.03. The second-order valence-corrected chi connectivity index (χ2v) is 15.7. The van der Waals surface area contributed by atoms with E-state index < -0.39 is 23.6 Å². The number of fused-ring (bicyclic) bond motifs is 4. The lowest BCUT2D eigenvalue weighted by molar-refractivity contribution is -0.282. The van der Waals surface area contributed by atoms with Gasteiger partial charge < -0.3 is 19.7 Å².